The van der Waals surface area contributed by atoms with Gasteiger partial charge in [0.15, 0.2) is 0 Å². The molecular weight excluding hydrogens is 176 g/mol. The van der Waals surface area contributed by atoms with Crippen molar-refractivity contribution >= 4 is 6.03 Å². The van der Waals surface area contributed by atoms with Gasteiger partial charge in [-0.15, -0.1) is 0 Å². The second-order valence-corrected chi connectivity index (χ2v) is 2.11. The van der Waals surface area contributed by atoms with E-state index in [0.717, 1.165) is 18.2 Å². The van der Waals surface area contributed by atoms with E-state index < -0.39 is 6.03 Å². The van der Waals surface area contributed by atoms with Gasteiger partial charge in [0.25, 0.3) is 0 Å². The first-order chi connectivity index (χ1) is 5.91. The van der Waals surface area contributed by atoms with Gasteiger partial charge in [0.1, 0.15) is 17.2 Å². The summed E-state index contributed by atoms with van der Waals surface area (Å²) in [6.07, 6.45) is 0. The van der Waals surface area contributed by atoms with Crippen LogP contribution in [0.1, 0.15) is 0 Å². The van der Waals surface area contributed by atoms with Crippen LogP contribution in [-0.2, 0) is 0 Å². The van der Waals surface area contributed by atoms with E-state index in [0.29, 0.717) is 0 Å². The van der Waals surface area contributed by atoms with Crippen molar-refractivity contribution in [1.29, 1.82) is 0 Å². The third kappa shape index (κ3) is 6.29. The average Bonchev–Trinajstić information content (AvgIpc) is 1.80. The SMILES string of the molecule is NC(N)=O.Oc1cc(O)cc(O)c1. The number of aromatic hydroxyl groups is 3. The van der Waals surface area contributed by atoms with E-state index >= 15 is 0 Å². The highest BCUT2D eigenvalue weighted by molar-refractivity contribution is 5.69. The minimum absolute atomic E-state index is 0.146. The number of hydrogen-bond donors (Lipinski definition) is 5. The van der Waals surface area contributed by atoms with Crippen LogP contribution in [0.2, 0.25) is 0 Å². The Labute approximate surface area is 74.0 Å². The van der Waals surface area contributed by atoms with Crippen LogP contribution >= 0.6 is 0 Å². The van der Waals surface area contributed by atoms with E-state index in [1.165, 1.54) is 0 Å². The van der Waals surface area contributed by atoms with Crippen molar-refractivity contribution in [2.45, 2.75) is 0 Å². The summed E-state index contributed by atoms with van der Waals surface area (Å²) in [5, 5.41) is 26.0. The lowest BCUT2D eigenvalue weighted by atomic mass is 10.3. The summed E-state index contributed by atoms with van der Waals surface area (Å²) >= 11 is 0. The molecule has 0 aliphatic carbocycles. The number of phenolic OH excluding ortho intramolecular Hbond substituents is 3. The third-order valence-corrected chi connectivity index (χ3v) is 0.887. The molecule has 0 aliphatic heterocycles. The molecule has 0 spiro atoms. The number of hydrogen-bond acceptors (Lipinski definition) is 4. The van der Waals surface area contributed by atoms with Gasteiger partial charge in [-0.2, -0.15) is 0 Å². The molecule has 1 aromatic carbocycles. The zero-order valence-corrected chi connectivity index (χ0v) is 6.64. The summed E-state index contributed by atoms with van der Waals surface area (Å²) in [5.41, 5.74) is 8.50. The Morgan fingerprint density at radius 3 is 1.23 bits per heavy atom. The van der Waals surface area contributed by atoms with Crippen molar-refractivity contribution in [3.05, 3.63) is 18.2 Å². The molecule has 0 saturated carbocycles. The quantitative estimate of drug-likeness (QED) is 0.385. The number of carbonyl (C=O) groups is 1. The van der Waals surface area contributed by atoms with Gasteiger partial charge in [-0.1, -0.05) is 0 Å². The normalized spacial score (nSPS) is 8.31. The van der Waals surface area contributed by atoms with Crippen molar-refractivity contribution in [3.63, 3.8) is 0 Å². The molecule has 0 fully saturated rings. The fourth-order valence-corrected chi connectivity index (χ4v) is 0.580. The summed E-state index contributed by atoms with van der Waals surface area (Å²) in [5.74, 6) is -0.437. The highest BCUT2D eigenvalue weighted by Crippen LogP contribution is 2.23. The smallest absolute Gasteiger partial charge is 0.309 e. The van der Waals surface area contributed by atoms with Crippen molar-refractivity contribution in [2.24, 2.45) is 11.5 Å². The van der Waals surface area contributed by atoms with Gasteiger partial charge in [-0.05, 0) is 0 Å². The molecule has 0 radical (unpaired) electrons. The first-order valence-corrected chi connectivity index (χ1v) is 3.18. The van der Waals surface area contributed by atoms with Gasteiger partial charge >= 0.3 is 6.03 Å². The number of primary amides is 2. The summed E-state index contributed by atoms with van der Waals surface area (Å²) < 4.78 is 0. The standard InChI is InChI=1S/C6H6O3.CH4N2O/c7-4-1-5(8)3-6(9)2-4;2-1(3)4/h1-3,7-9H;(H4,2,3,4). The Bertz CT molecular complexity index is 246. The summed E-state index contributed by atoms with van der Waals surface area (Å²) in [6, 6.07) is 2.58. The maximum Gasteiger partial charge on any atom is 0.309 e. The number of urea groups is 1. The fourth-order valence-electron chi connectivity index (χ4n) is 0.580. The Hall–Kier alpha value is -2.11. The molecule has 0 aromatic heterocycles. The Kier molecular flexibility index (Phi) is 3.94. The second kappa shape index (κ2) is 4.70. The van der Waals surface area contributed by atoms with Gasteiger partial charge in [-0.25, -0.2) is 4.79 Å². The molecule has 0 atom stereocenters. The van der Waals surface area contributed by atoms with Crippen molar-refractivity contribution in [2.75, 3.05) is 0 Å². The van der Waals surface area contributed by atoms with Crippen LogP contribution in [0.3, 0.4) is 0 Å². The van der Waals surface area contributed by atoms with Gasteiger partial charge in [0.05, 0.1) is 0 Å². The van der Waals surface area contributed by atoms with Crippen LogP contribution in [-0.4, -0.2) is 21.4 Å². The Balaban J connectivity index is 0.000000310. The zero-order valence-electron chi connectivity index (χ0n) is 6.64. The molecule has 7 N–H and O–H groups in total. The number of rotatable bonds is 0. The number of phenols is 3. The van der Waals surface area contributed by atoms with Crippen LogP contribution in [0, 0.1) is 0 Å². The van der Waals surface area contributed by atoms with E-state index in [4.69, 9.17) is 20.1 Å². The molecule has 6 nitrogen and oxygen atoms in total. The molecule has 2 amide bonds. The van der Waals surface area contributed by atoms with Gasteiger partial charge in [0, 0.05) is 18.2 Å². The lowest BCUT2D eigenvalue weighted by Gasteiger charge is -1.94. The second-order valence-electron chi connectivity index (χ2n) is 2.11. The maximum absolute atomic E-state index is 9.00. The van der Waals surface area contributed by atoms with E-state index in [2.05, 4.69) is 11.5 Å². The molecule has 0 unspecified atom stereocenters. The van der Waals surface area contributed by atoms with Crippen molar-refractivity contribution < 1.29 is 20.1 Å². The predicted molar refractivity (Wildman–Crippen MR) is 45.2 cm³/mol. The lowest BCUT2D eigenvalue weighted by molar-refractivity contribution is 0.256. The molecule has 0 bridgehead atoms. The lowest BCUT2D eigenvalue weighted by Crippen LogP contribution is -2.18. The monoisotopic (exact) mass is 186 g/mol. The van der Waals surface area contributed by atoms with E-state index in [1.807, 2.05) is 0 Å². The van der Waals surface area contributed by atoms with Gasteiger partial charge < -0.3 is 26.8 Å². The highest BCUT2D eigenvalue weighted by Gasteiger charge is 1.94. The van der Waals surface area contributed by atoms with Crippen LogP contribution < -0.4 is 11.5 Å². The number of amides is 2. The average molecular weight is 186 g/mol. The summed E-state index contributed by atoms with van der Waals surface area (Å²) in [6.45, 7) is 0. The molecule has 0 heterocycles. The Morgan fingerprint density at radius 2 is 1.08 bits per heavy atom. The Morgan fingerprint density at radius 1 is 0.923 bits per heavy atom. The minimum atomic E-state index is -0.833. The maximum atomic E-state index is 9.00. The number of carbonyl (C=O) groups excluding carboxylic acids is 1. The van der Waals surface area contributed by atoms with Crippen LogP contribution in [0.25, 0.3) is 0 Å². The van der Waals surface area contributed by atoms with Crippen LogP contribution in [0.4, 0.5) is 4.79 Å². The first kappa shape index (κ1) is 10.9. The molecule has 13 heavy (non-hydrogen) atoms. The molecule has 0 aliphatic rings. The zero-order chi connectivity index (χ0) is 10.4. The van der Waals surface area contributed by atoms with Gasteiger partial charge in [-0.3, -0.25) is 0 Å². The topological polar surface area (TPSA) is 130 Å². The summed E-state index contributed by atoms with van der Waals surface area (Å²) in [4.78, 5) is 9.00. The van der Waals surface area contributed by atoms with Gasteiger partial charge in [0.2, 0.25) is 0 Å². The molecule has 1 rings (SSSR count). The van der Waals surface area contributed by atoms with Crippen molar-refractivity contribution in [3.8, 4) is 17.2 Å². The van der Waals surface area contributed by atoms with Crippen molar-refractivity contribution in [1.82, 2.24) is 0 Å². The number of nitrogens with two attached hydrogens (primary N) is 2. The van der Waals surface area contributed by atoms with Crippen LogP contribution in [0.5, 0.6) is 17.2 Å². The minimum Gasteiger partial charge on any atom is -0.508 e. The van der Waals surface area contributed by atoms with E-state index in [1.54, 1.807) is 0 Å². The largest absolute Gasteiger partial charge is 0.508 e. The fraction of sp³-hybridized carbons (Fsp3) is 0. The molecular formula is C7H10N2O4. The molecule has 0 saturated heterocycles. The highest BCUT2D eigenvalue weighted by atomic mass is 16.3. The predicted octanol–water partition coefficient (Wildman–Crippen LogP) is -0.173. The third-order valence-electron chi connectivity index (χ3n) is 0.887. The molecule has 1 aromatic rings. The van der Waals surface area contributed by atoms with E-state index in [-0.39, 0.29) is 17.2 Å². The number of benzene rings is 1. The molecule has 6 heteroatoms. The van der Waals surface area contributed by atoms with Crippen LogP contribution in [0.15, 0.2) is 18.2 Å². The first-order valence-electron chi connectivity index (χ1n) is 3.18. The molecule has 72 valence electrons. The summed E-state index contributed by atoms with van der Waals surface area (Å²) in [7, 11) is 0. The van der Waals surface area contributed by atoms with E-state index in [9.17, 15) is 0 Å².